The van der Waals surface area contributed by atoms with Crippen molar-refractivity contribution in [3.63, 3.8) is 0 Å². The van der Waals surface area contributed by atoms with Crippen LogP contribution < -0.4 is 5.32 Å². The van der Waals surface area contributed by atoms with E-state index in [0.29, 0.717) is 16.7 Å². The molecule has 0 aliphatic heterocycles. The van der Waals surface area contributed by atoms with Crippen LogP contribution in [0.25, 0.3) is 16.6 Å². The lowest BCUT2D eigenvalue weighted by Gasteiger charge is -2.27. The Bertz CT molecular complexity index is 868. The monoisotopic (exact) mass is 330 g/mol. The summed E-state index contributed by atoms with van der Waals surface area (Å²) in [6, 6.07) is 8.41. The fourth-order valence-corrected chi connectivity index (χ4v) is 3.47. The van der Waals surface area contributed by atoms with Gasteiger partial charge in [-0.3, -0.25) is 0 Å². The molecular formula is C17H19ClN4O. The molecule has 1 aromatic carbocycles. The van der Waals surface area contributed by atoms with Crippen LogP contribution in [0.15, 0.2) is 24.3 Å². The minimum atomic E-state index is -0.160. The standard InChI is InChI=1S/C17H19ClN4O/c1-10-15(18)17-20-16(19-11-6-8-12(23)9-7-11)13-4-2-3-5-14(13)22(17)21-10/h2-5,11-12,23H,6-9H2,1H3,(H,19,20). The Hall–Kier alpha value is -1.85. The third-order valence-electron chi connectivity index (χ3n) is 4.61. The predicted octanol–water partition coefficient (Wildman–Crippen LogP) is 3.56. The highest BCUT2D eigenvalue weighted by Gasteiger charge is 2.21. The van der Waals surface area contributed by atoms with E-state index in [1.165, 1.54) is 0 Å². The zero-order valence-electron chi connectivity index (χ0n) is 13.0. The number of benzene rings is 1. The molecule has 0 saturated heterocycles. The smallest absolute Gasteiger partial charge is 0.176 e. The summed E-state index contributed by atoms with van der Waals surface area (Å²) >= 11 is 6.37. The van der Waals surface area contributed by atoms with Crippen molar-refractivity contribution in [3.8, 4) is 0 Å². The molecule has 1 aliphatic rings. The third-order valence-corrected chi connectivity index (χ3v) is 5.05. The molecule has 6 heteroatoms. The van der Waals surface area contributed by atoms with E-state index in [1.807, 2.05) is 35.7 Å². The number of nitrogens with one attached hydrogen (secondary N) is 1. The highest BCUT2D eigenvalue weighted by atomic mass is 35.5. The van der Waals surface area contributed by atoms with Crippen LogP contribution in [0.1, 0.15) is 31.4 Å². The van der Waals surface area contributed by atoms with Gasteiger partial charge < -0.3 is 10.4 Å². The summed E-state index contributed by atoms with van der Waals surface area (Å²) in [5.41, 5.74) is 2.45. The van der Waals surface area contributed by atoms with Crippen LogP contribution in [0.3, 0.4) is 0 Å². The molecule has 0 unspecified atom stereocenters. The van der Waals surface area contributed by atoms with E-state index in [9.17, 15) is 5.11 Å². The summed E-state index contributed by atoms with van der Waals surface area (Å²) in [5.74, 6) is 0.844. The molecule has 2 heterocycles. The number of nitrogens with zero attached hydrogens (tertiary/aromatic N) is 3. The lowest BCUT2D eigenvalue weighted by Crippen LogP contribution is -2.28. The molecule has 1 saturated carbocycles. The van der Waals surface area contributed by atoms with Gasteiger partial charge in [-0.25, -0.2) is 9.50 Å². The number of anilines is 1. The van der Waals surface area contributed by atoms with Crippen LogP contribution in [0.2, 0.25) is 5.02 Å². The van der Waals surface area contributed by atoms with Crippen molar-refractivity contribution in [1.82, 2.24) is 14.6 Å². The molecular weight excluding hydrogens is 312 g/mol. The van der Waals surface area contributed by atoms with Crippen molar-refractivity contribution >= 4 is 34.0 Å². The second-order valence-corrected chi connectivity index (χ2v) is 6.64. The van der Waals surface area contributed by atoms with Gasteiger partial charge in [-0.2, -0.15) is 5.10 Å². The molecule has 0 bridgehead atoms. The van der Waals surface area contributed by atoms with Crippen LogP contribution in [0.5, 0.6) is 0 Å². The molecule has 1 aliphatic carbocycles. The Morgan fingerprint density at radius 3 is 2.74 bits per heavy atom. The summed E-state index contributed by atoms with van der Waals surface area (Å²) in [4.78, 5) is 4.73. The summed E-state index contributed by atoms with van der Waals surface area (Å²) in [6.45, 7) is 1.89. The maximum Gasteiger partial charge on any atom is 0.176 e. The first-order valence-corrected chi connectivity index (χ1v) is 8.39. The molecule has 120 valence electrons. The number of aliphatic hydroxyl groups excluding tert-OH is 1. The van der Waals surface area contributed by atoms with Crippen molar-refractivity contribution in [2.75, 3.05) is 5.32 Å². The lowest BCUT2D eigenvalue weighted by molar-refractivity contribution is 0.126. The van der Waals surface area contributed by atoms with Gasteiger partial charge in [-0.1, -0.05) is 23.7 Å². The average Bonchev–Trinajstić information content (AvgIpc) is 2.85. The SMILES string of the molecule is Cc1nn2c(nc(NC3CCC(O)CC3)c3ccccc32)c1Cl. The number of hydrogen-bond acceptors (Lipinski definition) is 4. The first-order chi connectivity index (χ1) is 11.1. The third kappa shape index (κ3) is 2.54. The van der Waals surface area contributed by atoms with E-state index < -0.39 is 0 Å². The Labute approximate surface area is 139 Å². The minimum absolute atomic E-state index is 0.160. The predicted molar refractivity (Wildman–Crippen MR) is 92.1 cm³/mol. The molecule has 0 spiro atoms. The van der Waals surface area contributed by atoms with Gasteiger partial charge in [0.25, 0.3) is 0 Å². The molecule has 0 amide bonds. The maximum atomic E-state index is 9.67. The van der Waals surface area contributed by atoms with E-state index in [1.54, 1.807) is 0 Å². The van der Waals surface area contributed by atoms with Gasteiger partial charge in [0.1, 0.15) is 10.8 Å². The molecule has 0 atom stereocenters. The van der Waals surface area contributed by atoms with Crippen molar-refractivity contribution < 1.29 is 5.11 Å². The summed E-state index contributed by atoms with van der Waals surface area (Å²) < 4.78 is 1.81. The first kappa shape index (κ1) is 14.7. The fourth-order valence-electron chi connectivity index (χ4n) is 3.31. The molecule has 23 heavy (non-hydrogen) atoms. The highest BCUT2D eigenvalue weighted by molar-refractivity contribution is 6.34. The van der Waals surface area contributed by atoms with Crippen molar-refractivity contribution in [2.45, 2.75) is 44.8 Å². The number of aromatic nitrogens is 3. The maximum absolute atomic E-state index is 9.67. The number of hydrogen-bond donors (Lipinski definition) is 2. The quantitative estimate of drug-likeness (QED) is 0.754. The van der Waals surface area contributed by atoms with Crippen molar-refractivity contribution in [2.24, 2.45) is 0 Å². The van der Waals surface area contributed by atoms with Gasteiger partial charge >= 0.3 is 0 Å². The molecule has 2 N–H and O–H groups in total. The molecule has 0 radical (unpaired) electrons. The van der Waals surface area contributed by atoms with E-state index >= 15 is 0 Å². The van der Waals surface area contributed by atoms with E-state index in [-0.39, 0.29) is 6.10 Å². The first-order valence-electron chi connectivity index (χ1n) is 8.01. The van der Waals surface area contributed by atoms with Crippen LogP contribution in [-0.4, -0.2) is 31.9 Å². The highest BCUT2D eigenvalue weighted by Crippen LogP contribution is 2.30. The Morgan fingerprint density at radius 1 is 1.22 bits per heavy atom. The Balaban J connectivity index is 1.82. The van der Waals surface area contributed by atoms with Gasteiger partial charge in [0, 0.05) is 11.4 Å². The molecule has 4 rings (SSSR count). The Morgan fingerprint density at radius 2 is 1.96 bits per heavy atom. The average molecular weight is 331 g/mol. The number of aryl methyl sites for hydroxylation is 1. The number of aliphatic hydroxyl groups is 1. The van der Waals surface area contributed by atoms with E-state index in [0.717, 1.165) is 48.1 Å². The van der Waals surface area contributed by atoms with Gasteiger partial charge in [0.05, 0.1) is 17.3 Å². The van der Waals surface area contributed by atoms with Gasteiger partial charge in [-0.15, -0.1) is 0 Å². The lowest BCUT2D eigenvalue weighted by atomic mass is 9.93. The topological polar surface area (TPSA) is 62.5 Å². The Kier molecular flexibility index (Phi) is 3.62. The minimum Gasteiger partial charge on any atom is -0.393 e. The van der Waals surface area contributed by atoms with Crippen LogP contribution in [0.4, 0.5) is 5.82 Å². The van der Waals surface area contributed by atoms with E-state index in [2.05, 4.69) is 10.4 Å². The summed E-state index contributed by atoms with van der Waals surface area (Å²) in [7, 11) is 0. The molecule has 5 nitrogen and oxygen atoms in total. The number of para-hydroxylation sites is 1. The fraction of sp³-hybridized carbons (Fsp3) is 0.412. The van der Waals surface area contributed by atoms with Gasteiger partial charge in [0.2, 0.25) is 0 Å². The normalized spacial score (nSPS) is 21.9. The van der Waals surface area contributed by atoms with Crippen molar-refractivity contribution in [3.05, 3.63) is 35.0 Å². The van der Waals surface area contributed by atoms with Gasteiger partial charge in [-0.05, 0) is 44.7 Å². The zero-order valence-corrected chi connectivity index (χ0v) is 13.7. The van der Waals surface area contributed by atoms with Gasteiger partial charge in [0.15, 0.2) is 5.65 Å². The van der Waals surface area contributed by atoms with Crippen LogP contribution >= 0.6 is 11.6 Å². The zero-order chi connectivity index (χ0) is 16.0. The number of fused-ring (bicyclic) bond motifs is 3. The molecule has 1 fully saturated rings. The summed E-state index contributed by atoms with van der Waals surface area (Å²) in [6.07, 6.45) is 3.42. The summed E-state index contributed by atoms with van der Waals surface area (Å²) in [5, 5.41) is 19.4. The van der Waals surface area contributed by atoms with Crippen LogP contribution in [-0.2, 0) is 0 Å². The molecule has 3 aromatic rings. The van der Waals surface area contributed by atoms with Crippen LogP contribution in [0, 0.1) is 6.92 Å². The number of halogens is 1. The second kappa shape index (κ2) is 5.65. The van der Waals surface area contributed by atoms with Crippen molar-refractivity contribution in [1.29, 1.82) is 0 Å². The van der Waals surface area contributed by atoms with E-state index in [4.69, 9.17) is 16.6 Å². The number of rotatable bonds is 2. The molecule has 2 aromatic heterocycles. The second-order valence-electron chi connectivity index (χ2n) is 6.26. The largest absolute Gasteiger partial charge is 0.393 e.